The Morgan fingerprint density at radius 1 is 1.30 bits per heavy atom. The van der Waals surface area contributed by atoms with E-state index in [-0.39, 0.29) is 30.3 Å². The van der Waals surface area contributed by atoms with Crippen molar-refractivity contribution in [2.45, 2.75) is 44.7 Å². The van der Waals surface area contributed by atoms with Gasteiger partial charge in [-0.1, -0.05) is 31.4 Å². The molecule has 1 aromatic carbocycles. The lowest BCUT2D eigenvalue weighted by atomic mass is 9.83. The van der Waals surface area contributed by atoms with E-state index in [0.29, 0.717) is 30.1 Å². The number of carbonyl (C=O) groups excluding carboxylic acids is 2. The molecule has 1 aliphatic heterocycles. The number of nitrogens with two attached hydrogens (primary N) is 1. The van der Waals surface area contributed by atoms with Gasteiger partial charge in [0.25, 0.3) is 11.8 Å². The average Bonchev–Trinajstić information content (AvgIpc) is 2.94. The van der Waals surface area contributed by atoms with Gasteiger partial charge in [-0.25, -0.2) is 0 Å². The van der Waals surface area contributed by atoms with Gasteiger partial charge in [-0.3, -0.25) is 9.59 Å². The Kier molecular flexibility index (Phi) is 6.02. The molecule has 23 heavy (non-hydrogen) atoms. The van der Waals surface area contributed by atoms with Crippen LogP contribution < -0.4 is 16.4 Å². The molecule has 1 aliphatic carbocycles. The molecule has 1 aromatic rings. The predicted octanol–water partition coefficient (Wildman–Crippen LogP) is 1.99. The van der Waals surface area contributed by atoms with E-state index in [1.54, 1.807) is 6.07 Å². The molecule has 0 spiro atoms. The molecular weight excluding hydrogens is 314 g/mol. The Bertz CT molecular complexity index is 585. The van der Waals surface area contributed by atoms with Gasteiger partial charge in [0, 0.05) is 19.1 Å². The quantitative estimate of drug-likeness (QED) is 0.785. The van der Waals surface area contributed by atoms with Crippen LogP contribution in [0.3, 0.4) is 0 Å². The fourth-order valence-electron chi connectivity index (χ4n) is 3.62. The van der Waals surface area contributed by atoms with Gasteiger partial charge in [-0.05, 0) is 30.4 Å². The zero-order valence-corrected chi connectivity index (χ0v) is 14.0. The summed E-state index contributed by atoms with van der Waals surface area (Å²) in [5.41, 5.74) is 7.74. The number of benzene rings is 1. The highest BCUT2D eigenvalue weighted by Gasteiger charge is 2.28. The minimum Gasteiger partial charge on any atom is -0.348 e. The molecule has 4 N–H and O–H groups in total. The molecule has 1 atom stereocenters. The normalized spacial score (nSPS) is 18.6. The topological polar surface area (TPSA) is 84.2 Å². The van der Waals surface area contributed by atoms with Gasteiger partial charge >= 0.3 is 0 Å². The molecule has 0 bridgehead atoms. The van der Waals surface area contributed by atoms with Gasteiger partial charge in [0.2, 0.25) is 0 Å². The van der Waals surface area contributed by atoms with Gasteiger partial charge in [-0.15, -0.1) is 12.4 Å². The predicted molar refractivity (Wildman–Crippen MR) is 91.7 cm³/mol. The van der Waals surface area contributed by atoms with Crippen LogP contribution in [0.5, 0.6) is 0 Å². The third-order valence-corrected chi connectivity index (χ3v) is 4.85. The molecule has 1 heterocycles. The summed E-state index contributed by atoms with van der Waals surface area (Å²) in [5, 5.41) is 5.83. The maximum absolute atomic E-state index is 12.6. The second-order valence-corrected chi connectivity index (χ2v) is 6.24. The molecule has 0 saturated heterocycles. The number of hydrogen-bond acceptors (Lipinski definition) is 3. The second kappa shape index (κ2) is 7.79. The highest BCUT2D eigenvalue weighted by molar-refractivity contribution is 6.09. The molecule has 3 rings (SSSR count). The van der Waals surface area contributed by atoms with E-state index in [1.165, 1.54) is 19.3 Å². The number of amides is 2. The summed E-state index contributed by atoms with van der Waals surface area (Å²) in [4.78, 5) is 24.5. The third-order valence-electron chi connectivity index (χ3n) is 4.85. The van der Waals surface area contributed by atoms with Crippen LogP contribution in [-0.4, -0.2) is 24.4 Å². The first-order chi connectivity index (χ1) is 10.7. The van der Waals surface area contributed by atoms with Gasteiger partial charge < -0.3 is 16.4 Å². The van der Waals surface area contributed by atoms with Crippen molar-refractivity contribution in [1.82, 2.24) is 10.6 Å². The van der Waals surface area contributed by atoms with Crippen LogP contribution in [0.15, 0.2) is 18.2 Å². The van der Waals surface area contributed by atoms with Crippen LogP contribution in [-0.2, 0) is 6.54 Å². The summed E-state index contributed by atoms with van der Waals surface area (Å²) in [5.74, 6) is 0.103. The van der Waals surface area contributed by atoms with Crippen molar-refractivity contribution in [3.8, 4) is 0 Å². The minimum atomic E-state index is -0.185. The Hall–Kier alpha value is -1.59. The zero-order chi connectivity index (χ0) is 15.5. The number of nitrogens with one attached hydrogen (secondary N) is 2. The summed E-state index contributed by atoms with van der Waals surface area (Å²) < 4.78 is 0. The lowest BCUT2D eigenvalue weighted by molar-refractivity contribution is 0.0899. The van der Waals surface area contributed by atoms with E-state index < -0.39 is 0 Å². The van der Waals surface area contributed by atoms with Gasteiger partial charge in [0.15, 0.2) is 0 Å². The maximum atomic E-state index is 12.6. The first-order valence-corrected chi connectivity index (χ1v) is 8.11. The smallest absolute Gasteiger partial charge is 0.252 e. The van der Waals surface area contributed by atoms with Crippen LogP contribution in [0.4, 0.5) is 0 Å². The lowest BCUT2D eigenvalue weighted by Crippen LogP contribution is -2.46. The Labute approximate surface area is 142 Å². The van der Waals surface area contributed by atoms with E-state index in [4.69, 9.17) is 5.73 Å². The van der Waals surface area contributed by atoms with Crippen LogP contribution in [0.2, 0.25) is 0 Å². The van der Waals surface area contributed by atoms with Crippen molar-refractivity contribution < 1.29 is 9.59 Å². The first-order valence-electron chi connectivity index (χ1n) is 8.11. The van der Waals surface area contributed by atoms with Crippen molar-refractivity contribution in [1.29, 1.82) is 0 Å². The molecule has 1 saturated carbocycles. The van der Waals surface area contributed by atoms with E-state index in [0.717, 1.165) is 18.4 Å². The van der Waals surface area contributed by atoms with Crippen LogP contribution in [0, 0.1) is 5.92 Å². The molecular formula is C17H24ClN3O2. The van der Waals surface area contributed by atoms with Gasteiger partial charge in [0.1, 0.15) is 0 Å². The summed E-state index contributed by atoms with van der Waals surface area (Å²) in [6.45, 7) is 0.940. The second-order valence-electron chi connectivity index (χ2n) is 6.24. The monoisotopic (exact) mass is 337 g/mol. The summed E-state index contributed by atoms with van der Waals surface area (Å²) in [6.07, 6.45) is 5.93. The van der Waals surface area contributed by atoms with E-state index in [1.807, 2.05) is 12.1 Å². The van der Waals surface area contributed by atoms with Crippen molar-refractivity contribution >= 4 is 24.2 Å². The standard InChI is InChI=1S/C17H23N3O2.ClH/c18-9-14(11-5-2-1-3-6-11)20-16(21)13-8-4-7-12-10-19-17(22)15(12)13;/h4,7-8,11,14H,1-3,5-6,9-10,18H2,(H,19,22)(H,20,21);1H/t14-;/m0./s1. The molecule has 6 heteroatoms. The van der Waals surface area contributed by atoms with Crippen molar-refractivity contribution in [3.05, 3.63) is 34.9 Å². The molecule has 5 nitrogen and oxygen atoms in total. The summed E-state index contributed by atoms with van der Waals surface area (Å²) in [7, 11) is 0. The molecule has 0 unspecified atom stereocenters. The van der Waals surface area contributed by atoms with Crippen molar-refractivity contribution in [3.63, 3.8) is 0 Å². The van der Waals surface area contributed by atoms with Crippen LogP contribution in [0.25, 0.3) is 0 Å². The third kappa shape index (κ3) is 3.67. The van der Waals surface area contributed by atoms with E-state index in [2.05, 4.69) is 10.6 Å². The minimum absolute atomic E-state index is 0. The largest absolute Gasteiger partial charge is 0.348 e. The molecule has 1 fully saturated rings. The number of halogens is 1. The lowest BCUT2D eigenvalue weighted by Gasteiger charge is -2.30. The molecule has 2 aliphatic rings. The molecule has 0 radical (unpaired) electrons. The van der Waals surface area contributed by atoms with Crippen LogP contribution >= 0.6 is 12.4 Å². The Morgan fingerprint density at radius 2 is 2.04 bits per heavy atom. The molecule has 2 amide bonds. The molecule has 126 valence electrons. The number of fused-ring (bicyclic) bond motifs is 1. The van der Waals surface area contributed by atoms with E-state index in [9.17, 15) is 9.59 Å². The van der Waals surface area contributed by atoms with Crippen LogP contribution in [0.1, 0.15) is 58.4 Å². The van der Waals surface area contributed by atoms with E-state index >= 15 is 0 Å². The SMILES string of the molecule is Cl.NC[C@H](NC(=O)c1cccc2c1C(=O)NC2)C1CCCCC1. The number of carbonyl (C=O) groups is 2. The Balaban J connectivity index is 0.00000192. The van der Waals surface area contributed by atoms with Crippen molar-refractivity contribution in [2.24, 2.45) is 11.7 Å². The number of hydrogen-bond donors (Lipinski definition) is 3. The Morgan fingerprint density at radius 3 is 2.74 bits per heavy atom. The molecule has 0 aromatic heterocycles. The first kappa shape index (κ1) is 17.8. The highest BCUT2D eigenvalue weighted by atomic mass is 35.5. The fraction of sp³-hybridized carbons (Fsp3) is 0.529. The van der Waals surface area contributed by atoms with Gasteiger partial charge in [-0.2, -0.15) is 0 Å². The summed E-state index contributed by atoms with van der Waals surface area (Å²) >= 11 is 0. The van der Waals surface area contributed by atoms with Gasteiger partial charge in [0.05, 0.1) is 11.1 Å². The zero-order valence-electron chi connectivity index (χ0n) is 13.1. The van der Waals surface area contributed by atoms with Crippen molar-refractivity contribution in [2.75, 3.05) is 6.54 Å². The maximum Gasteiger partial charge on any atom is 0.252 e. The summed E-state index contributed by atoms with van der Waals surface area (Å²) in [6, 6.07) is 5.42. The fourth-order valence-corrected chi connectivity index (χ4v) is 3.62. The average molecular weight is 338 g/mol. The highest BCUT2D eigenvalue weighted by Crippen LogP contribution is 2.27. The number of rotatable bonds is 4.